The van der Waals surface area contributed by atoms with Crippen LogP contribution in [0.5, 0.6) is 0 Å². The van der Waals surface area contributed by atoms with Crippen LogP contribution in [0.4, 0.5) is 5.82 Å². The minimum Gasteiger partial charge on any atom is -0.367 e. The number of benzene rings is 2. The molecule has 5 rings (SSSR count). The zero-order chi connectivity index (χ0) is 21.2. The fourth-order valence-electron chi connectivity index (χ4n) is 4.46. The molecule has 2 heterocycles. The molecule has 31 heavy (non-hydrogen) atoms. The van der Waals surface area contributed by atoms with E-state index in [9.17, 15) is 0 Å². The fourth-order valence-corrected chi connectivity index (χ4v) is 4.46. The van der Waals surface area contributed by atoms with E-state index in [-0.39, 0.29) is 5.84 Å². The maximum Gasteiger partial charge on any atom is 0.173 e. The van der Waals surface area contributed by atoms with Crippen LogP contribution in [0.1, 0.15) is 49.1 Å². The Balaban J connectivity index is 1.62. The number of nitrogens with zero attached hydrogens (tertiary/aromatic N) is 3. The summed E-state index contributed by atoms with van der Waals surface area (Å²) >= 11 is 0. The van der Waals surface area contributed by atoms with Crippen LogP contribution in [0.15, 0.2) is 53.6 Å². The van der Waals surface area contributed by atoms with E-state index in [1.165, 1.54) is 24.8 Å². The van der Waals surface area contributed by atoms with E-state index in [1.807, 2.05) is 36.4 Å². The smallest absolute Gasteiger partial charge is 0.173 e. The van der Waals surface area contributed by atoms with Crippen molar-refractivity contribution in [3.05, 3.63) is 65.5 Å². The molecule has 0 aliphatic heterocycles. The largest absolute Gasteiger partial charge is 0.367 e. The monoisotopic (exact) mass is 411 g/mol. The van der Waals surface area contributed by atoms with Gasteiger partial charge in [0.15, 0.2) is 5.84 Å². The molecule has 1 fully saturated rings. The van der Waals surface area contributed by atoms with Crippen molar-refractivity contribution in [2.75, 3.05) is 5.32 Å². The zero-order valence-electron chi connectivity index (χ0n) is 17.3. The molecule has 7 nitrogen and oxygen atoms in total. The van der Waals surface area contributed by atoms with E-state index < -0.39 is 0 Å². The van der Waals surface area contributed by atoms with Gasteiger partial charge in [0, 0.05) is 28.9 Å². The van der Waals surface area contributed by atoms with Gasteiger partial charge in [0.1, 0.15) is 17.3 Å². The Kier molecular flexibility index (Phi) is 5.16. The number of hydrogen-bond donors (Lipinski definition) is 4. The summed E-state index contributed by atoms with van der Waals surface area (Å²) in [6, 6.07) is 16.4. The molecule has 0 amide bonds. The van der Waals surface area contributed by atoms with Crippen molar-refractivity contribution in [1.29, 1.82) is 10.9 Å². The number of aromatic nitrogens is 3. The van der Waals surface area contributed by atoms with E-state index >= 15 is 0 Å². The summed E-state index contributed by atoms with van der Waals surface area (Å²) in [5, 5.41) is 16.8. The molecule has 2 aromatic heterocycles. The van der Waals surface area contributed by atoms with Crippen LogP contribution in [0, 0.1) is 10.9 Å². The summed E-state index contributed by atoms with van der Waals surface area (Å²) in [6.45, 7) is 0. The van der Waals surface area contributed by atoms with Gasteiger partial charge in [0.25, 0.3) is 0 Å². The van der Waals surface area contributed by atoms with E-state index in [0.29, 0.717) is 18.0 Å². The third-order valence-electron chi connectivity index (χ3n) is 6.03. The third-order valence-corrected chi connectivity index (χ3v) is 6.03. The predicted molar refractivity (Wildman–Crippen MR) is 123 cm³/mol. The second-order valence-electron chi connectivity index (χ2n) is 8.20. The lowest BCUT2D eigenvalue weighted by atomic mass is 9.95. The van der Waals surface area contributed by atoms with Crippen LogP contribution in [-0.2, 0) is 6.42 Å². The Morgan fingerprint density at radius 1 is 1.06 bits per heavy atom. The highest BCUT2D eigenvalue weighted by atomic mass is 15.1. The maximum atomic E-state index is 7.85. The Morgan fingerprint density at radius 2 is 1.87 bits per heavy atom. The molecule has 1 aliphatic carbocycles. The second kappa shape index (κ2) is 8.26. The normalized spacial score (nSPS) is 14.7. The van der Waals surface area contributed by atoms with Gasteiger partial charge in [-0.25, -0.2) is 15.5 Å². The first-order valence-corrected chi connectivity index (χ1v) is 10.8. The second-order valence-corrected chi connectivity index (χ2v) is 8.20. The lowest BCUT2D eigenvalue weighted by Crippen LogP contribution is -2.23. The van der Waals surface area contributed by atoms with Gasteiger partial charge in [-0.3, -0.25) is 5.41 Å². The average Bonchev–Trinajstić information content (AvgIpc) is 3.17. The first-order valence-electron chi connectivity index (χ1n) is 10.8. The number of aromatic amines is 1. The van der Waals surface area contributed by atoms with E-state index in [0.717, 1.165) is 46.4 Å². The fraction of sp³-hybridized carbons (Fsp3) is 0.292. The number of H-pyrrole nitrogens is 1. The van der Waals surface area contributed by atoms with Crippen LogP contribution in [-0.4, -0.2) is 26.8 Å². The number of amidine groups is 1. The van der Waals surface area contributed by atoms with Gasteiger partial charge < -0.3 is 10.3 Å². The van der Waals surface area contributed by atoms with Gasteiger partial charge in [-0.15, -0.1) is 5.11 Å². The molecule has 0 spiro atoms. The van der Waals surface area contributed by atoms with Crippen molar-refractivity contribution >= 4 is 33.6 Å². The number of hydrogen-bond acceptors (Lipinski definition) is 5. The molecule has 4 N–H and O–H groups in total. The maximum absolute atomic E-state index is 7.85. The van der Waals surface area contributed by atoms with Crippen molar-refractivity contribution in [2.24, 2.45) is 5.11 Å². The van der Waals surface area contributed by atoms with E-state index in [2.05, 4.69) is 27.5 Å². The molecular weight excluding hydrogens is 386 g/mol. The van der Waals surface area contributed by atoms with Crippen molar-refractivity contribution in [2.45, 2.75) is 44.6 Å². The van der Waals surface area contributed by atoms with E-state index in [4.69, 9.17) is 20.9 Å². The van der Waals surface area contributed by atoms with Crippen LogP contribution in [0.3, 0.4) is 0 Å². The van der Waals surface area contributed by atoms with Crippen LogP contribution < -0.4 is 5.32 Å². The summed E-state index contributed by atoms with van der Waals surface area (Å²) in [6.07, 6.45) is 6.79. The van der Waals surface area contributed by atoms with Gasteiger partial charge in [-0.2, -0.15) is 0 Å². The quantitative estimate of drug-likeness (QED) is 0.189. The zero-order valence-corrected chi connectivity index (χ0v) is 17.3. The molecule has 0 atom stereocenters. The van der Waals surface area contributed by atoms with Crippen molar-refractivity contribution < 1.29 is 0 Å². The molecule has 156 valence electrons. The summed E-state index contributed by atoms with van der Waals surface area (Å²) in [5.74, 6) is 1.59. The number of rotatable bonds is 5. The molecule has 4 aromatic rings. The van der Waals surface area contributed by atoms with Crippen LogP contribution in [0.25, 0.3) is 21.9 Å². The molecule has 0 saturated heterocycles. The lowest BCUT2D eigenvalue weighted by Gasteiger charge is -2.24. The minimum absolute atomic E-state index is 0.0584. The molecular formula is C24H25N7. The summed E-state index contributed by atoms with van der Waals surface area (Å²) in [5.41, 5.74) is 10.6. The van der Waals surface area contributed by atoms with Crippen molar-refractivity contribution in [3.63, 3.8) is 0 Å². The first kappa shape index (κ1) is 19.4. The summed E-state index contributed by atoms with van der Waals surface area (Å²) in [7, 11) is 0. The topological polar surface area (TPSA) is 114 Å². The van der Waals surface area contributed by atoms with Crippen molar-refractivity contribution in [1.82, 2.24) is 15.0 Å². The minimum atomic E-state index is -0.0584. The standard InChI is InChI=1S/C24H25N7/c25-22(31-26)16-11-12-18-19(14-16)28-24-21(18)23(27-17-9-5-2-6-10-17)29-20(30-24)13-15-7-3-1-4-8-15/h1,3-4,7-8,11-12,14,17,25-26H,2,5-6,9-10,13H2,(H2,27,28,29,30). The Bertz CT molecular complexity index is 1250. The molecule has 1 saturated carbocycles. The highest BCUT2D eigenvalue weighted by Gasteiger charge is 2.19. The Labute approximate surface area is 180 Å². The number of anilines is 1. The summed E-state index contributed by atoms with van der Waals surface area (Å²) < 4.78 is 0. The molecule has 2 aromatic carbocycles. The van der Waals surface area contributed by atoms with Gasteiger partial charge in [-0.05, 0) is 24.5 Å². The third kappa shape index (κ3) is 3.91. The molecule has 0 radical (unpaired) electrons. The van der Waals surface area contributed by atoms with Gasteiger partial charge in [0.05, 0.1) is 5.39 Å². The summed E-state index contributed by atoms with van der Waals surface area (Å²) in [4.78, 5) is 13.2. The van der Waals surface area contributed by atoms with Gasteiger partial charge >= 0.3 is 0 Å². The molecule has 7 heteroatoms. The Hall–Kier alpha value is -3.61. The predicted octanol–water partition coefficient (Wildman–Crippen LogP) is 5.80. The average molecular weight is 412 g/mol. The number of nitrogens with one attached hydrogen (secondary N) is 4. The highest BCUT2D eigenvalue weighted by molar-refractivity contribution is 6.13. The Morgan fingerprint density at radius 3 is 2.65 bits per heavy atom. The van der Waals surface area contributed by atoms with Crippen molar-refractivity contribution in [3.8, 4) is 0 Å². The molecule has 0 unspecified atom stereocenters. The van der Waals surface area contributed by atoms with E-state index in [1.54, 1.807) is 0 Å². The molecule has 0 bridgehead atoms. The van der Waals surface area contributed by atoms with Crippen LogP contribution in [0.2, 0.25) is 0 Å². The van der Waals surface area contributed by atoms with Crippen LogP contribution >= 0.6 is 0 Å². The highest BCUT2D eigenvalue weighted by Crippen LogP contribution is 2.32. The number of fused-ring (bicyclic) bond motifs is 3. The van der Waals surface area contributed by atoms with Gasteiger partial charge in [-0.1, -0.05) is 61.7 Å². The molecule has 1 aliphatic rings. The lowest BCUT2D eigenvalue weighted by molar-refractivity contribution is 0.462. The SMILES string of the molecule is N=NC(=N)c1ccc2c(c1)[nH]c1nc(Cc3ccccc3)nc(NC3CCCCC3)c12. The first-order chi connectivity index (χ1) is 15.2. The van der Waals surface area contributed by atoms with Gasteiger partial charge in [0.2, 0.25) is 0 Å².